The molecule has 6 nitrogen and oxygen atoms in total. The summed E-state index contributed by atoms with van der Waals surface area (Å²) in [5, 5.41) is 5.33. The van der Waals surface area contributed by atoms with Gasteiger partial charge >= 0.3 is 5.69 Å². The van der Waals surface area contributed by atoms with Crippen molar-refractivity contribution < 1.29 is 0 Å². The van der Waals surface area contributed by atoms with Gasteiger partial charge in [0, 0.05) is 31.2 Å². The first-order valence-corrected chi connectivity index (χ1v) is 10.7. The molecule has 3 heterocycles. The highest BCUT2D eigenvalue weighted by Gasteiger charge is 2.25. The summed E-state index contributed by atoms with van der Waals surface area (Å²) in [6.07, 6.45) is 1.87. The fourth-order valence-corrected chi connectivity index (χ4v) is 4.78. The van der Waals surface area contributed by atoms with E-state index in [0.717, 1.165) is 60.5 Å². The number of H-pyrrole nitrogens is 1. The molecule has 0 radical (unpaired) electrons. The number of halogens is 1. The molecule has 4 aromatic rings. The molecule has 0 amide bonds. The Kier molecular flexibility index (Phi) is 4.97. The van der Waals surface area contributed by atoms with Crippen molar-refractivity contribution in [1.82, 2.24) is 24.2 Å². The summed E-state index contributed by atoms with van der Waals surface area (Å²) in [4.78, 5) is 17.9. The number of imidazole rings is 1. The quantitative estimate of drug-likeness (QED) is 0.534. The van der Waals surface area contributed by atoms with E-state index in [-0.39, 0.29) is 11.7 Å². The van der Waals surface area contributed by atoms with Gasteiger partial charge in [0.1, 0.15) is 5.15 Å². The Morgan fingerprint density at radius 2 is 1.77 bits per heavy atom. The van der Waals surface area contributed by atoms with Crippen LogP contribution in [0, 0.1) is 6.92 Å². The highest BCUT2D eigenvalue weighted by molar-refractivity contribution is 6.30. The Labute approximate surface area is 179 Å². The van der Waals surface area contributed by atoms with Gasteiger partial charge in [-0.2, -0.15) is 5.10 Å². The van der Waals surface area contributed by atoms with Gasteiger partial charge in [-0.05, 0) is 44.0 Å². The van der Waals surface area contributed by atoms with Crippen molar-refractivity contribution in [3.8, 4) is 5.69 Å². The first-order valence-electron chi connectivity index (χ1n) is 10.3. The smallest absolute Gasteiger partial charge is 0.306 e. The standard InChI is InChI=1S/C23H24ClN5O/c1-16-19(22(24)29(26-16)18-7-3-2-4-8-18)15-27-13-11-17(12-14-27)28-21-10-6-5-9-20(21)25-23(28)30/h2-10,17H,11-15H2,1H3,(H,25,30). The third kappa shape index (κ3) is 3.36. The van der Waals surface area contributed by atoms with E-state index >= 15 is 0 Å². The van der Waals surface area contributed by atoms with Gasteiger partial charge in [-0.1, -0.05) is 41.9 Å². The molecule has 5 rings (SSSR count). The topological polar surface area (TPSA) is 58.9 Å². The number of likely N-dealkylation sites (tertiary alicyclic amines) is 1. The van der Waals surface area contributed by atoms with Crippen LogP contribution in [-0.4, -0.2) is 37.3 Å². The second-order valence-electron chi connectivity index (χ2n) is 7.93. The first-order chi connectivity index (χ1) is 14.6. The minimum absolute atomic E-state index is 0.0160. The van der Waals surface area contributed by atoms with Gasteiger partial charge in [0.15, 0.2) is 0 Å². The number of benzene rings is 2. The number of aromatic nitrogens is 4. The lowest BCUT2D eigenvalue weighted by atomic mass is 10.0. The number of aromatic amines is 1. The molecule has 30 heavy (non-hydrogen) atoms. The SMILES string of the molecule is Cc1nn(-c2ccccc2)c(Cl)c1CN1CCC(n2c(=O)[nH]c3ccccc32)CC1. The normalized spacial score (nSPS) is 15.8. The summed E-state index contributed by atoms with van der Waals surface area (Å²) in [5.41, 5.74) is 4.87. The molecule has 0 bridgehead atoms. The lowest BCUT2D eigenvalue weighted by Crippen LogP contribution is -2.36. The molecule has 7 heteroatoms. The van der Waals surface area contributed by atoms with Gasteiger partial charge < -0.3 is 4.98 Å². The van der Waals surface area contributed by atoms with E-state index < -0.39 is 0 Å². The van der Waals surface area contributed by atoms with Gasteiger partial charge in [0.05, 0.1) is 22.4 Å². The molecule has 0 saturated carbocycles. The molecule has 2 aromatic carbocycles. The van der Waals surface area contributed by atoms with E-state index in [4.69, 9.17) is 11.6 Å². The monoisotopic (exact) mass is 421 g/mol. The number of hydrogen-bond donors (Lipinski definition) is 1. The van der Waals surface area contributed by atoms with Gasteiger partial charge in [-0.15, -0.1) is 0 Å². The van der Waals surface area contributed by atoms with E-state index in [1.807, 2.05) is 70.8 Å². The molecule has 0 atom stereocenters. The maximum atomic E-state index is 12.5. The number of hydrogen-bond acceptors (Lipinski definition) is 3. The molecule has 1 aliphatic rings. The molecule has 0 unspecified atom stereocenters. The number of nitrogens with zero attached hydrogens (tertiary/aromatic N) is 4. The molecule has 154 valence electrons. The third-order valence-corrected chi connectivity index (χ3v) is 6.44. The fourth-order valence-electron chi connectivity index (χ4n) is 4.45. The fraction of sp³-hybridized carbons (Fsp3) is 0.304. The summed E-state index contributed by atoms with van der Waals surface area (Å²) >= 11 is 6.70. The van der Waals surface area contributed by atoms with Crippen LogP contribution in [0.5, 0.6) is 0 Å². The number of fused-ring (bicyclic) bond motifs is 1. The lowest BCUT2D eigenvalue weighted by molar-refractivity contribution is 0.179. The van der Waals surface area contributed by atoms with Crippen LogP contribution in [0.1, 0.15) is 30.1 Å². The minimum Gasteiger partial charge on any atom is -0.306 e. The Hall–Kier alpha value is -2.83. The number of piperidine rings is 1. The molecule has 0 aliphatic carbocycles. The van der Waals surface area contributed by atoms with Crippen molar-refractivity contribution in [3.05, 3.63) is 81.5 Å². The van der Waals surface area contributed by atoms with Gasteiger partial charge in [0.25, 0.3) is 0 Å². The molecule has 1 aliphatic heterocycles. The van der Waals surface area contributed by atoms with Crippen molar-refractivity contribution in [3.63, 3.8) is 0 Å². The Balaban J connectivity index is 1.32. The van der Waals surface area contributed by atoms with Gasteiger partial charge in [-0.25, -0.2) is 9.48 Å². The molecule has 1 fully saturated rings. The summed E-state index contributed by atoms with van der Waals surface area (Å²) in [6, 6.07) is 18.1. The van der Waals surface area contributed by atoms with Crippen LogP contribution in [-0.2, 0) is 6.54 Å². The first kappa shape index (κ1) is 19.2. The van der Waals surface area contributed by atoms with Crippen LogP contribution < -0.4 is 5.69 Å². The van der Waals surface area contributed by atoms with Crippen molar-refractivity contribution in [2.24, 2.45) is 0 Å². The second-order valence-corrected chi connectivity index (χ2v) is 8.28. The van der Waals surface area contributed by atoms with E-state index in [1.54, 1.807) is 0 Å². The van der Waals surface area contributed by atoms with E-state index in [1.165, 1.54) is 0 Å². The zero-order valence-corrected chi connectivity index (χ0v) is 17.6. The zero-order chi connectivity index (χ0) is 20.7. The Morgan fingerprint density at radius 3 is 2.53 bits per heavy atom. The zero-order valence-electron chi connectivity index (χ0n) is 16.9. The third-order valence-electron chi connectivity index (χ3n) is 6.05. The lowest BCUT2D eigenvalue weighted by Gasteiger charge is -2.32. The van der Waals surface area contributed by atoms with E-state index in [9.17, 15) is 4.79 Å². The Bertz CT molecular complexity index is 1230. The molecule has 2 aromatic heterocycles. The average Bonchev–Trinajstić information content (AvgIpc) is 3.25. The van der Waals surface area contributed by atoms with Crippen LogP contribution in [0.15, 0.2) is 59.4 Å². The number of rotatable bonds is 4. The summed E-state index contributed by atoms with van der Waals surface area (Å²) in [5.74, 6) is 0. The predicted molar refractivity (Wildman–Crippen MR) is 119 cm³/mol. The second kappa shape index (κ2) is 7.78. The average molecular weight is 422 g/mol. The number of nitrogens with one attached hydrogen (secondary N) is 1. The van der Waals surface area contributed by atoms with E-state index in [0.29, 0.717) is 5.15 Å². The van der Waals surface area contributed by atoms with Crippen molar-refractivity contribution in [2.75, 3.05) is 13.1 Å². The maximum absolute atomic E-state index is 12.5. The molecular formula is C23H24ClN5O. The van der Waals surface area contributed by atoms with Crippen molar-refractivity contribution >= 4 is 22.6 Å². The van der Waals surface area contributed by atoms with Crippen molar-refractivity contribution in [1.29, 1.82) is 0 Å². The summed E-state index contributed by atoms with van der Waals surface area (Å²) < 4.78 is 3.74. The van der Waals surface area contributed by atoms with Crippen LogP contribution in [0.25, 0.3) is 16.7 Å². The van der Waals surface area contributed by atoms with Crippen LogP contribution >= 0.6 is 11.6 Å². The van der Waals surface area contributed by atoms with E-state index in [2.05, 4.69) is 15.0 Å². The largest absolute Gasteiger partial charge is 0.326 e. The van der Waals surface area contributed by atoms with Gasteiger partial charge in [-0.3, -0.25) is 9.47 Å². The Morgan fingerprint density at radius 1 is 1.07 bits per heavy atom. The summed E-state index contributed by atoms with van der Waals surface area (Å²) in [6.45, 7) is 4.62. The summed E-state index contributed by atoms with van der Waals surface area (Å²) in [7, 11) is 0. The minimum atomic E-state index is -0.0160. The maximum Gasteiger partial charge on any atom is 0.326 e. The van der Waals surface area contributed by atoms with Gasteiger partial charge in [0.2, 0.25) is 0 Å². The highest BCUT2D eigenvalue weighted by Crippen LogP contribution is 2.29. The van der Waals surface area contributed by atoms with Crippen LogP contribution in [0.3, 0.4) is 0 Å². The molecule has 1 saturated heterocycles. The predicted octanol–water partition coefficient (Wildman–Crippen LogP) is 4.31. The van der Waals surface area contributed by atoms with Crippen molar-refractivity contribution in [2.45, 2.75) is 32.4 Å². The van der Waals surface area contributed by atoms with Crippen LogP contribution in [0.4, 0.5) is 0 Å². The molecular weight excluding hydrogens is 398 g/mol. The molecule has 1 N–H and O–H groups in total. The molecule has 0 spiro atoms. The highest BCUT2D eigenvalue weighted by atomic mass is 35.5. The number of aryl methyl sites for hydroxylation is 1. The number of para-hydroxylation sites is 3. The van der Waals surface area contributed by atoms with Crippen LogP contribution in [0.2, 0.25) is 5.15 Å².